The Hall–Kier alpha value is -1.66. The Morgan fingerprint density at radius 1 is 1.00 bits per heavy atom. The van der Waals surface area contributed by atoms with Gasteiger partial charge in [-0.05, 0) is 55.0 Å². The Kier molecular flexibility index (Phi) is 4.18. The Bertz CT molecular complexity index is 809. The van der Waals surface area contributed by atoms with Gasteiger partial charge in [-0.15, -0.1) is 11.3 Å². The fourth-order valence-corrected chi connectivity index (χ4v) is 3.88. The van der Waals surface area contributed by atoms with Crippen LogP contribution in [-0.2, 0) is 0 Å². The standard InChI is InChI=1S/C17H17BrN4S/c18-12-4-6-13(7-5-12)19-16-15-14(8-11-23-15)20-17(21-16)22-9-2-1-3-10-22/h4-8,11H,1-3,9-10H2,(H,19,20,21). The van der Waals surface area contributed by atoms with E-state index in [4.69, 9.17) is 9.97 Å². The molecule has 2 aromatic heterocycles. The smallest absolute Gasteiger partial charge is 0.227 e. The van der Waals surface area contributed by atoms with Crippen molar-refractivity contribution in [3.05, 3.63) is 40.2 Å². The summed E-state index contributed by atoms with van der Waals surface area (Å²) in [7, 11) is 0. The number of nitrogens with zero attached hydrogens (tertiary/aromatic N) is 3. The minimum atomic E-state index is 0.843. The Morgan fingerprint density at radius 3 is 2.57 bits per heavy atom. The molecule has 1 fully saturated rings. The molecular formula is C17H17BrN4S. The number of hydrogen-bond donors (Lipinski definition) is 1. The van der Waals surface area contributed by atoms with Gasteiger partial charge < -0.3 is 10.2 Å². The lowest BCUT2D eigenvalue weighted by molar-refractivity contribution is 0.569. The first-order valence-corrected chi connectivity index (χ1v) is 9.50. The second kappa shape index (κ2) is 6.45. The van der Waals surface area contributed by atoms with Gasteiger partial charge in [-0.3, -0.25) is 0 Å². The molecule has 1 saturated heterocycles. The van der Waals surface area contributed by atoms with Crippen molar-refractivity contribution in [2.75, 3.05) is 23.3 Å². The third-order valence-electron chi connectivity index (χ3n) is 4.04. The first-order valence-electron chi connectivity index (χ1n) is 7.82. The van der Waals surface area contributed by atoms with Crippen LogP contribution in [0.5, 0.6) is 0 Å². The molecule has 1 aliphatic rings. The molecule has 0 aliphatic carbocycles. The van der Waals surface area contributed by atoms with E-state index in [-0.39, 0.29) is 0 Å². The van der Waals surface area contributed by atoms with Crippen molar-refractivity contribution in [2.24, 2.45) is 0 Å². The maximum absolute atomic E-state index is 4.82. The van der Waals surface area contributed by atoms with Crippen LogP contribution < -0.4 is 10.2 Å². The van der Waals surface area contributed by atoms with Gasteiger partial charge in [-0.2, -0.15) is 4.98 Å². The number of anilines is 3. The van der Waals surface area contributed by atoms with Gasteiger partial charge in [0, 0.05) is 23.2 Å². The average Bonchev–Trinajstić information content (AvgIpc) is 3.06. The van der Waals surface area contributed by atoms with E-state index in [1.165, 1.54) is 19.3 Å². The predicted octanol–water partition coefficient (Wildman–Crippen LogP) is 5.19. The van der Waals surface area contributed by atoms with Gasteiger partial charge in [0.1, 0.15) is 0 Å². The highest BCUT2D eigenvalue weighted by atomic mass is 79.9. The van der Waals surface area contributed by atoms with E-state index in [0.717, 1.165) is 45.2 Å². The van der Waals surface area contributed by atoms with Crippen LogP contribution in [0.4, 0.5) is 17.5 Å². The lowest BCUT2D eigenvalue weighted by atomic mass is 10.1. The second-order valence-corrected chi connectivity index (χ2v) is 7.52. The molecule has 1 N–H and O–H groups in total. The molecule has 0 bridgehead atoms. The normalized spacial score (nSPS) is 15.1. The van der Waals surface area contributed by atoms with Gasteiger partial charge in [-0.25, -0.2) is 4.98 Å². The van der Waals surface area contributed by atoms with E-state index in [9.17, 15) is 0 Å². The van der Waals surface area contributed by atoms with Gasteiger partial charge in [0.25, 0.3) is 0 Å². The molecule has 0 unspecified atom stereocenters. The summed E-state index contributed by atoms with van der Waals surface area (Å²) in [5.74, 6) is 1.74. The summed E-state index contributed by atoms with van der Waals surface area (Å²) < 4.78 is 2.18. The van der Waals surface area contributed by atoms with E-state index in [1.807, 2.05) is 24.3 Å². The molecule has 3 heterocycles. The Morgan fingerprint density at radius 2 is 1.78 bits per heavy atom. The number of thiophene rings is 1. The first kappa shape index (κ1) is 14.9. The maximum atomic E-state index is 4.82. The summed E-state index contributed by atoms with van der Waals surface area (Å²) in [5.41, 5.74) is 2.05. The van der Waals surface area contributed by atoms with E-state index < -0.39 is 0 Å². The summed E-state index contributed by atoms with van der Waals surface area (Å²) in [5, 5.41) is 5.53. The molecule has 1 aliphatic heterocycles. The quantitative estimate of drug-likeness (QED) is 0.670. The molecule has 4 rings (SSSR count). The van der Waals surface area contributed by atoms with Gasteiger partial charge in [-0.1, -0.05) is 15.9 Å². The van der Waals surface area contributed by atoms with Crippen molar-refractivity contribution in [1.29, 1.82) is 0 Å². The second-order valence-electron chi connectivity index (χ2n) is 5.69. The number of nitrogens with one attached hydrogen (secondary N) is 1. The molecule has 1 aromatic carbocycles. The zero-order valence-corrected chi connectivity index (χ0v) is 15.0. The summed E-state index contributed by atoms with van der Waals surface area (Å²) in [6.07, 6.45) is 3.75. The van der Waals surface area contributed by atoms with Gasteiger partial charge in [0.2, 0.25) is 5.95 Å². The number of aromatic nitrogens is 2. The topological polar surface area (TPSA) is 41.1 Å². The number of fused-ring (bicyclic) bond motifs is 1. The minimum absolute atomic E-state index is 0.843. The van der Waals surface area contributed by atoms with Crippen molar-refractivity contribution in [1.82, 2.24) is 9.97 Å². The third kappa shape index (κ3) is 3.19. The SMILES string of the molecule is Brc1ccc(Nc2nc(N3CCCCC3)nc3ccsc23)cc1. The molecule has 4 nitrogen and oxygen atoms in total. The summed E-state index contributed by atoms with van der Waals surface area (Å²) in [4.78, 5) is 11.9. The van der Waals surface area contributed by atoms with Crippen LogP contribution in [0.1, 0.15) is 19.3 Å². The van der Waals surface area contributed by atoms with Crippen molar-refractivity contribution >= 4 is 54.9 Å². The molecular weight excluding hydrogens is 372 g/mol. The first-order chi connectivity index (χ1) is 11.3. The molecule has 23 heavy (non-hydrogen) atoms. The van der Waals surface area contributed by atoms with Crippen LogP contribution in [-0.4, -0.2) is 23.1 Å². The highest BCUT2D eigenvalue weighted by Gasteiger charge is 2.17. The highest BCUT2D eigenvalue weighted by molar-refractivity contribution is 9.10. The number of rotatable bonds is 3. The number of hydrogen-bond acceptors (Lipinski definition) is 5. The summed E-state index contributed by atoms with van der Waals surface area (Å²) >= 11 is 5.15. The van der Waals surface area contributed by atoms with E-state index in [2.05, 4.69) is 37.6 Å². The van der Waals surface area contributed by atoms with Crippen LogP contribution in [0.3, 0.4) is 0 Å². The summed E-state index contributed by atoms with van der Waals surface area (Å²) in [6, 6.07) is 10.2. The van der Waals surface area contributed by atoms with Crippen molar-refractivity contribution < 1.29 is 0 Å². The molecule has 0 atom stereocenters. The highest BCUT2D eigenvalue weighted by Crippen LogP contribution is 2.31. The molecule has 0 spiro atoms. The Labute approximate surface area is 147 Å². The van der Waals surface area contributed by atoms with E-state index in [1.54, 1.807) is 11.3 Å². The lowest BCUT2D eigenvalue weighted by Crippen LogP contribution is -2.31. The van der Waals surface area contributed by atoms with Crippen molar-refractivity contribution in [3.63, 3.8) is 0 Å². The molecule has 0 saturated carbocycles. The van der Waals surface area contributed by atoms with Gasteiger partial charge in [0.05, 0.1) is 10.2 Å². The Balaban J connectivity index is 1.71. The molecule has 118 valence electrons. The molecule has 0 radical (unpaired) electrons. The molecule has 0 amide bonds. The summed E-state index contributed by atoms with van der Waals surface area (Å²) in [6.45, 7) is 2.10. The van der Waals surface area contributed by atoms with Crippen LogP contribution >= 0.6 is 27.3 Å². The zero-order valence-electron chi connectivity index (χ0n) is 12.6. The maximum Gasteiger partial charge on any atom is 0.227 e. The number of piperidine rings is 1. The van der Waals surface area contributed by atoms with Crippen LogP contribution in [0, 0.1) is 0 Å². The van der Waals surface area contributed by atoms with E-state index in [0.29, 0.717) is 0 Å². The van der Waals surface area contributed by atoms with Crippen LogP contribution in [0.25, 0.3) is 10.2 Å². The number of halogens is 1. The molecule has 3 aromatic rings. The fourth-order valence-electron chi connectivity index (χ4n) is 2.84. The van der Waals surface area contributed by atoms with Gasteiger partial charge in [0.15, 0.2) is 5.82 Å². The van der Waals surface area contributed by atoms with Crippen LogP contribution in [0.15, 0.2) is 40.2 Å². The molecule has 6 heteroatoms. The monoisotopic (exact) mass is 388 g/mol. The minimum Gasteiger partial charge on any atom is -0.341 e. The van der Waals surface area contributed by atoms with E-state index >= 15 is 0 Å². The largest absolute Gasteiger partial charge is 0.341 e. The lowest BCUT2D eigenvalue weighted by Gasteiger charge is -2.27. The van der Waals surface area contributed by atoms with Crippen molar-refractivity contribution in [2.45, 2.75) is 19.3 Å². The predicted molar refractivity (Wildman–Crippen MR) is 101 cm³/mol. The van der Waals surface area contributed by atoms with Crippen LogP contribution in [0.2, 0.25) is 0 Å². The van der Waals surface area contributed by atoms with Crippen molar-refractivity contribution in [3.8, 4) is 0 Å². The average molecular weight is 389 g/mol. The third-order valence-corrected chi connectivity index (χ3v) is 5.48. The zero-order chi connectivity index (χ0) is 15.6. The fraction of sp³-hybridized carbons (Fsp3) is 0.294. The van der Waals surface area contributed by atoms with Gasteiger partial charge >= 0.3 is 0 Å². The number of benzene rings is 1.